The first-order chi connectivity index (χ1) is 5.74. The van der Waals surface area contributed by atoms with Gasteiger partial charge in [0.25, 0.3) is 0 Å². The standard InChI is InChI=1S/C9H14N2S/c1-3-12-9-5-4-8(6-11-9)7(2)10/h4-7H,3,10H2,1-2H3/t7-/m1/s1. The first-order valence-electron chi connectivity index (χ1n) is 4.08. The van der Waals surface area contributed by atoms with Crippen LogP contribution < -0.4 is 5.73 Å². The number of hydrogen-bond donors (Lipinski definition) is 1. The van der Waals surface area contributed by atoms with Crippen LogP contribution in [0, 0.1) is 0 Å². The highest BCUT2D eigenvalue weighted by atomic mass is 32.2. The Hall–Kier alpha value is -0.540. The van der Waals surface area contributed by atoms with Gasteiger partial charge in [0.15, 0.2) is 0 Å². The van der Waals surface area contributed by atoms with E-state index >= 15 is 0 Å². The molecule has 0 radical (unpaired) electrons. The predicted molar refractivity (Wildman–Crippen MR) is 53.2 cm³/mol. The number of hydrogen-bond acceptors (Lipinski definition) is 3. The van der Waals surface area contributed by atoms with Crippen LogP contribution in [-0.2, 0) is 0 Å². The fourth-order valence-electron chi connectivity index (χ4n) is 0.894. The zero-order valence-corrected chi connectivity index (χ0v) is 8.27. The molecule has 0 amide bonds. The van der Waals surface area contributed by atoms with Crippen molar-refractivity contribution in [2.24, 2.45) is 5.73 Å². The molecule has 1 rings (SSSR count). The van der Waals surface area contributed by atoms with Gasteiger partial charge in [0, 0.05) is 12.2 Å². The molecule has 0 saturated heterocycles. The van der Waals surface area contributed by atoms with E-state index in [1.807, 2.05) is 25.3 Å². The third-order valence-electron chi connectivity index (χ3n) is 1.58. The molecule has 12 heavy (non-hydrogen) atoms. The highest BCUT2D eigenvalue weighted by Gasteiger charge is 1.99. The Kier molecular flexibility index (Phi) is 3.56. The lowest BCUT2D eigenvalue weighted by molar-refractivity contribution is 0.806. The minimum Gasteiger partial charge on any atom is -0.324 e. The maximum atomic E-state index is 5.69. The lowest BCUT2D eigenvalue weighted by Gasteiger charge is -2.04. The summed E-state index contributed by atoms with van der Waals surface area (Å²) in [7, 11) is 0. The fraction of sp³-hybridized carbons (Fsp3) is 0.444. The van der Waals surface area contributed by atoms with Crippen LogP contribution in [0.15, 0.2) is 23.4 Å². The van der Waals surface area contributed by atoms with Gasteiger partial charge >= 0.3 is 0 Å². The Balaban J connectivity index is 2.71. The topological polar surface area (TPSA) is 38.9 Å². The van der Waals surface area contributed by atoms with E-state index in [0.29, 0.717) is 0 Å². The number of nitrogens with two attached hydrogens (primary N) is 1. The second-order valence-electron chi connectivity index (χ2n) is 2.65. The minimum absolute atomic E-state index is 0.0816. The van der Waals surface area contributed by atoms with Gasteiger partial charge in [0.1, 0.15) is 0 Å². The van der Waals surface area contributed by atoms with Crippen LogP contribution in [0.2, 0.25) is 0 Å². The highest BCUT2D eigenvalue weighted by Crippen LogP contribution is 2.16. The van der Waals surface area contributed by atoms with E-state index in [1.165, 1.54) is 0 Å². The summed E-state index contributed by atoms with van der Waals surface area (Å²) in [6, 6.07) is 4.14. The van der Waals surface area contributed by atoms with Crippen LogP contribution in [0.4, 0.5) is 0 Å². The van der Waals surface area contributed by atoms with E-state index in [2.05, 4.69) is 11.9 Å². The molecule has 2 nitrogen and oxygen atoms in total. The lowest BCUT2D eigenvalue weighted by atomic mass is 10.2. The van der Waals surface area contributed by atoms with E-state index in [-0.39, 0.29) is 6.04 Å². The summed E-state index contributed by atoms with van der Waals surface area (Å²) in [6.45, 7) is 4.08. The van der Waals surface area contributed by atoms with Crippen LogP contribution >= 0.6 is 11.8 Å². The van der Waals surface area contributed by atoms with Crippen molar-refractivity contribution in [1.82, 2.24) is 4.98 Å². The molecule has 2 N–H and O–H groups in total. The summed E-state index contributed by atoms with van der Waals surface area (Å²) in [4.78, 5) is 4.27. The van der Waals surface area contributed by atoms with Crippen molar-refractivity contribution in [3.63, 3.8) is 0 Å². The largest absolute Gasteiger partial charge is 0.324 e. The maximum absolute atomic E-state index is 5.69. The van der Waals surface area contributed by atoms with Crippen LogP contribution in [0.3, 0.4) is 0 Å². The Labute approximate surface area is 77.6 Å². The molecule has 0 spiro atoms. The minimum atomic E-state index is 0.0816. The summed E-state index contributed by atoms with van der Waals surface area (Å²) in [5.41, 5.74) is 6.78. The number of aromatic nitrogens is 1. The molecule has 0 fully saturated rings. The zero-order chi connectivity index (χ0) is 8.97. The molecular formula is C9H14N2S. The molecule has 0 saturated carbocycles. The average Bonchev–Trinajstić information content (AvgIpc) is 2.06. The summed E-state index contributed by atoms with van der Waals surface area (Å²) in [6.07, 6.45) is 1.85. The van der Waals surface area contributed by atoms with Gasteiger partial charge in [0.05, 0.1) is 5.03 Å². The molecule has 1 atom stereocenters. The van der Waals surface area contributed by atoms with Crippen LogP contribution in [0.25, 0.3) is 0 Å². The molecule has 1 aromatic rings. The molecule has 0 unspecified atom stereocenters. The van der Waals surface area contributed by atoms with Gasteiger partial charge < -0.3 is 5.73 Å². The van der Waals surface area contributed by atoms with E-state index in [4.69, 9.17) is 5.73 Å². The van der Waals surface area contributed by atoms with Gasteiger partial charge in [-0.15, -0.1) is 11.8 Å². The maximum Gasteiger partial charge on any atom is 0.0959 e. The lowest BCUT2D eigenvalue weighted by Crippen LogP contribution is -2.04. The molecule has 1 aromatic heterocycles. The second-order valence-corrected chi connectivity index (χ2v) is 3.94. The second kappa shape index (κ2) is 4.48. The Bertz CT molecular complexity index is 231. The van der Waals surface area contributed by atoms with Crippen LogP contribution in [0.5, 0.6) is 0 Å². The van der Waals surface area contributed by atoms with E-state index in [1.54, 1.807) is 11.8 Å². The quantitative estimate of drug-likeness (QED) is 0.728. The smallest absolute Gasteiger partial charge is 0.0959 e. The van der Waals surface area contributed by atoms with Crippen molar-refractivity contribution in [2.45, 2.75) is 24.9 Å². The van der Waals surface area contributed by atoms with Crippen molar-refractivity contribution in [3.8, 4) is 0 Å². The highest BCUT2D eigenvalue weighted by molar-refractivity contribution is 7.99. The van der Waals surface area contributed by atoms with Crippen LogP contribution in [0.1, 0.15) is 25.5 Å². The van der Waals surface area contributed by atoms with Gasteiger partial charge in [-0.2, -0.15) is 0 Å². The Morgan fingerprint density at radius 1 is 1.58 bits per heavy atom. The van der Waals surface area contributed by atoms with Crippen molar-refractivity contribution < 1.29 is 0 Å². The first kappa shape index (κ1) is 9.55. The third-order valence-corrected chi connectivity index (χ3v) is 2.40. The Morgan fingerprint density at radius 2 is 2.33 bits per heavy atom. The van der Waals surface area contributed by atoms with E-state index in [9.17, 15) is 0 Å². The molecular weight excluding hydrogens is 168 g/mol. The molecule has 0 aliphatic carbocycles. The normalized spacial score (nSPS) is 12.9. The van der Waals surface area contributed by atoms with Gasteiger partial charge in [-0.25, -0.2) is 4.98 Å². The van der Waals surface area contributed by atoms with Gasteiger partial charge in [-0.3, -0.25) is 0 Å². The fourth-order valence-corrected chi connectivity index (χ4v) is 1.48. The van der Waals surface area contributed by atoms with Crippen molar-refractivity contribution in [1.29, 1.82) is 0 Å². The monoisotopic (exact) mass is 182 g/mol. The van der Waals surface area contributed by atoms with E-state index < -0.39 is 0 Å². The van der Waals surface area contributed by atoms with Crippen LogP contribution in [-0.4, -0.2) is 10.7 Å². The summed E-state index contributed by atoms with van der Waals surface area (Å²) in [5.74, 6) is 1.06. The zero-order valence-electron chi connectivity index (χ0n) is 7.45. The molecule has 66 valence electrons. The molecule has 0 aliphatic heterocycles. The molecule has 0 aromatic carbocycles. The van der Waals surface area contributed by atoms with Crippen molar-refractivity contribution in [2.75, 3.05) is 5.75 Å². The molecule has 1 heterocycles. The number of thioether (sulfide) groups is 1. The molecule has 3 heteroatoms. The SMILES string of the molecule is CCSc1ccc([C@@H](C)N)cn1. The number of nitrogens with zero attached hydrogens (tertiary/aromatic N) is 1. The van der Waals surface area contributed by atoms with Crippen molar-refractivity contribution in [3.05, 3.63) is 23.9 Å². The summed E-state index contributed by atoms with van der Waals surface area (Å²) in [5, 5.41) is 1.07. The molecule has 0 bridgehead atoms. The number of pyridine rings is 1. The molecule has 0 aliphatic rings. The van der Waals surface area contributed by atoms with Gasteiger partial charge in [-0.05, 0) is 24.3 Å². The van der Waals surface area contributed by atoms with Crippen molar-refractivity contribution >= 4 is 11.8 Å². The van der Waals surface area contributed by atoms with E-state index in [0.717, 1.165) is 16.3 Å². The predicted octanol–water partition coefficient (Wildman–Crippen LogP) is 2.21. The summed E-state index contributed by atoms with van der Waals surface area (Å²) < 4.78 is 0. The average molecular weight is 182 g/mol. The van der Waals surface area contributed by atoms with Gasteiger partial charge in [-0.1, -0.05) is 13.0 Å². The number of rotatable bonds is 3. The first-order valence-corrected chi connectivity index (χ1v) is 5.07. The van der Waals surface area contributed by atoms with Gasteiger partial charge in [0.2, 0.25) is 0 Å². The summed E-state index contributed by atoms with van der Waals surface area (Å²) >= 11 is 1.74. The third kappa shape index (κ3) is 2.50. The Morgan fingerprint density at radius 3 is 2.75 bits per heavy atom.